The van der Waals surface area contributed by atoms with Crippen LogP contribution in [0, 0.1) is 11.3 Å². The second kappa shape index (κ2) is 9.45. The van der Waals surface area contributed by atoms with Crippen LogP contribution in [-0.4, -0.2) is 4.98 Å². The number of fused-ring (bicyclic) bond motifs is 1. The van der Waals surface area contributed by atoms with Gasteiger partial charge in [-0.25, -0.2) is 9.78 Å². The number of benzene rings is 3. The Morgan fingerprint density at radius 2 is 1.74 bits per heavy atom. The van der Waals surface area contributed by atoms with Gasteiger partial charge in [0.05, 0.1) is 11.3 Å². The van der Waals surface area contributed by atoms with Gasteiger partial charge in [-0.1, -0.05) is 36.4 Å². The van der Waals surface area contributed by atoms with Gasteiger partial charge in [-0.05, 0) is 48.5 Å². The van der Waals surface area contributed by atoms with E-state index in [4.69, 9.17) is 9.15 Å². The zero-order valence-corrected chi connectivity index (χ0v) is 18.6. The number of anilines is 1. The van der Waals surface area contributed by atoms with Crippen LogP contribution in [-0.2, 0) is 0 Å². The lowest BCUT2D eigenvalue weighted by atomic mass is 10.1. The molecule has 0 unspecified atom stereocenters. The van der Waals surface area contributed by atoms with Gasteiger partial charge in [0.1, 0.15) is 33.7 Å². The van der Waals surface area contributed by atoms with E-state index in [1.54, 1.807) is 23.7 Å². The Labute approximate surface area is 199 Å². The average Bonchev–Trinajstić information content (AvgIpc) is 3.35. The molecule has 7 heteroatoms. The molecule has 0 bridgehead atoms. The van der Waals surface area contributed by atoms with Crippen LogP contribution in [0.2, 0.25) is 0 Å². The van der Waals surface area contributed by atoms with Crippen molar-refractivity contribution in [2.24, 2.45) is 0 Å². The molecule has 164 valence electrons. The van der Waals surface area contributed by atoms with Crippen LogP contribution in [0.1, 0.15) is 5.01 Å². The Hall–Kier alpha value is -4.67. The molecule has 1 N–H and O–H groups in total. The summed E-state index contributed by atoms with van der Waals surface area (Å²) in [6, 6.07) is 28.2. The van der Waals surface area contributed by atoms with Crippen LogP contribution in [0.15, 0.2) is 106 Å². The summed E-state index contributed by atoms with van der Waals surface area (Å²) in [6.45, 7) is 0. The van der Waals surface area contributed by atoms with Crippen LogP contribution >= 0.6 is 11.3 Å². The fraction of sp³-hybridized carbons (Fsp3) is 0. The lowest BCUT2D eigenvalue weighted by Crippen LogP contribution is -2.02. The molecule has 5 aromatic rings. The van der Waals surface area contributed by atoms with E-state index in [0.717, 1.165) is 16.8 Å². The van der Waals surface area contributed by atoms with E-state index in [1.165, 1.54) is 11.3 Å². The first-order chi connectivity index (χ1) is 16.7. The third kappa shape index (κ3) is 4.58. The van der Waals surface area contributed by atoms with Gasteiger partial charge < -0.3 is 14.5 Å². The van der Waals surface area contributed by atoms with E-state index >= 15 is 0 Å². The number of ether oxygens (including phenoxy) is 1. The molecule has 0 aliphatic carbocycles. The molecule has 5 rings (SSSR count). The van der Waals surface area contributed by atoms with Crippen molar-refractivity contribution in [3.05, 3.63) is 112 Å². The van der Waals surface area contributed by atoms with E-state index in [0.29, 0.717) is 33.2 Å². The maximum absolute atomic E-state index is 12.4. The van der Waals surface area contributed by atoms with Gasteiger partial charge in [0.25, 0.3) is 0 Å². The number of nitrogens with one attached hydrogen (secondary N) is 1. The molecule has 0 fully saturated rings. The normalized spacial score (nSPS) is 11.2. The first-order valence-corrected chi connectivity index (χ1v) is 11.3. The Balaban J connectivity index is 1.33. The molecular formula is C27H17N3O3S. The minimum Gasteiger partial charge on any atom is -0.457 e. The van der Waals surface area contributed by atoms with Gasteiger partial charge >= 0.3 is 5.63 Å². The fourth-order valence-electron chi connectivity index (χ4n) is 3.30. The van der Waals surface area contributed by atoms with Gasteiger partial charge in [0, 0.05) is 22.7 Å². The molecule has 0 aliphatic rings. The molecular weight excluding hydrogens is 446 g/mol. The van der Waals surface area contributed by atoms with E-state index in [2.05, 4.69) is 16.4 Å². The zero-order chi connectivity index (χ0) is 23.3. The largest absolute Gasteiger partial charge is 0.457 e. The van der Waals surface area contributed by atoms with Gasteiger partial charge in [-0.15, -0.1) is 11.3 Å². The van der Waals surface area contributed by atoms with Crippen LogP contribution in [0.4, 0.5) is 5.69 Å². The number of hydrogen-bond acceptors (Lipinski definition) is 7. The maximum Gasteiger partial charge on any atom is 0.345 e. The molecule has 0 aliphatic heterocycles. The summed E-state index contributed by atoms with van der Waals surface area (Å²) in [5.74, 6) is 1.47. The highest BCUT2D eigenvalue weighted by atomic mass is 32.1. The number of nitrogens with zero attached hydrogens (tertiary/aromatic N) is 2. The number of allylic oxidation sites excluding steroid dienone is 1. The number of thiazole rings is 1. The van der Waals surface area contributed by atoms with Crippen LogP contribution in [0.25, 0.3) is 27.8 Å². The van der Waals surface area contributed by atoms with Crippen molar-refractivity contribution >= 4 is 33.6 Å². The standard InChI is InChI=1S/C27H17N3O3S/c28-15-19(16-29-20-10-12-22(13-11-20)32-21-7-2-1-3-8-21)26-30-24(17-34-26)23-14-18-6-4-5-9-25(18)33-27(23)31/h1-14,16-17,29H/b19-16+. The topological polar surface area (TPSA) is 88.2 Å². The van der Waals surface area contributed by atoms with Gasteiger partial charge in [0.2, 0.25) is 0 Å². The van der Waals surface area contributed by atoms with Crippen LogP contribution in [0.5, 0.6) is 11.5 Å². The molecule has 2 aromatic heterocycles. The quantitative estimate of drug-likeness (QED) is 0.223. The molecule has 0 saturated heterocycles. The Bertz CT molecular complexity index is 1580. The first-order valence-electron chi connectivity index (χ1n) is 10.4. The van der Waals surface area contributed by atoms with Gasteiger partial charge in [-0.2, -0.15) is 5.26 Å². The van der Waals surface area contributed by atoms with Crippen molar-refractivity contribution in [2.75, 3.05) is 5.32 Å². The molecule has 2 heterocycles. The minimum atomic E-state index is -0.464. The molecule has 3 aromatic carbocycles. The van der Waals surface area contributed by atoms with Crippen LogP contribution < -0.4 is 15.7 Å². The molecule has 6 nitrogen and oxygen atoms in total. The predicted octanol–water partition coefficient (Wildman–Crippen LogP) is 6.69. The Morgan fingerprint density at radius 1 is 1.00 bits per heavy atom. The molecule has 0 amide bonds. The highest BCUT2D eigenvalue weighted by Gasteiger charge is 2.13. The average molecular weight is 464 g/mol. The summed E-state index contributed by atoms with van der Waals surface area (Å²) in [4.78, 5) is 16.9. The van der Waals surface area contributed by atoms with E-state index in [1.807, 2.05) is 72.8 Å². The number of para-hydroxylation sites is 2. The maximum atomic E-state index is 12.4. The zero-order valence-electron chi connectivity index (χ0n) is 17.8. The number of aromatic nitrogens is 1. The summed E-state index contributed by atoms with van der Waals surface area (Å²) in [6.07, 6.45) is 1.60. The lowest BCUT2D eigenvalue weighted by Gasteiger charge is -2.07. The van der Waals surface area contributed by atoms with Crippen molar-refractivity contribution in [1.82, 2.24) is 4.98 Å². The number of nitriles is 1. The smallest absolute Gasteiger partial charge is 0.345 e. The molecule has 34 heavy (non-hydrogen) atoms. The Morgan fingerprint density at radius 3 is 2.53 bits per heavy atom. The second-order valence-electron chi connectivity index (χ2n) is 7.28. The SMILES string of the molecule is N#C/C(=C\Nc1ccc(Oc2ccccc2)cc1)c1nc(-c2cc3ccccc3oc2=O)cs1. The lowest BCUT2D eigenvalue weighted by molar-refractivity contribution is 0.483. The molecule has 0 atom stereocenters. The third-order valence-corrected chi connectivity index (χ3v) is 5.86. The molecule has 0 spiro atoms. The van der Waals surface area contributed by atoms with E-state index in [-0.39, 0.29) is 0 Å². The van der Waals surface area contributed by atoms with Crippen molar-refractivity contribution in [2.45, 2.75) is 0 Å². The highest BCUT2D eigenvalue weighted by molar-refractivity contribution is 7.11. The fourth-order valence-corrected chi connectivity index (χ4v) is 4.09. The minimum absolute atomic E-state index is 0.353. The number of hydrogen-bond donors (Lipinski definition) is 1. The predicted molar refractivity (Wildman–Crippen MR) is 134 cm³/mol. The third-order valence-electron chi connectivity index (χ3n) is 4.99. The summed E-state index contributed by atoms with van der Waals surface area (Å²) in [7, 11) is 0. The Kier molecular flexibility index (Phi) is 5.89. The summed E-state index contributed by atoms with van der Waals surface area (Å²) in [5.41, 5.74) is 2.04. The monoisotopic (exact) mass is 463 g/mol. The van der Waals surface area contributed by atoms with Crippen molar-refractivity contribution in [1.29, 1.82) is 5.26 Å². The first kappa shape index (κ1) is 21.2. The highest BCUT2D eigenvalue weighted by Crippen LogP contribution is 2.27. The summed E-state index contributed by atoms with van der Waals surface area (Å²) < 4.78 is 11.2. The summed E-state index contributed by atoms with van der Waals surface area (Å²) >= 11 is 1.29. The number of rotatable bonds is 6. The van der Waals surface area contributed by atoms with E-state index in [9.17, 15) is 10.1 Å². The molecule has 0 saturated carbocycles. The van der Waals surface area contributed by atoms with Crippen molar-refractivity contribution in [3.63, 3.8) is 0 Å². The van der Waals surface area contributed by atoms with Crippen LogP contribution in [0.3, 0.4) is 0 Å². The molecule has 0 radical (unpaired) electrons. The second-order valence-corrected chi connectivity index (χ2v) is 8.14. The van der Waals surface area contributed by atoms with E-state index < -0.39 is 5.63 Å². The van der Waals surface area contributed by atoms with Gasteiger partial charge in [0.15, 0.2) is 0 Å². The summed E-state index contributed by atoms with van der Waals surface area (Å²) in [5, 5.41) is 15.8. The van der Waals surface area contributed by atoms with Gasteiger partial charge in [-0.3, -0.25) is 0 Å². The van der Waals surface area contributed by atoms with Crippen molar-refractivity contribution in [3.8, 4) is 28.8 Å². The van der Waals surface area contributed by atoms with Crippen molar-refractivity contribution < 1.29 is 9.15 Å².